The van der Waals surface area contributed by atoms with Gasteiger partial charge in [0, 0.05) is 17.5 Å². The fourth-order valence-corrected chi connectivity index (χ4v) is 2.23. The molecule has 0 saturated carbocycles. The quantitative estimate of drug-likeness (QED) is 0.845. The molecule has 2 unspecified atom stereocenters. The fraction of sp³-hybridized carbons (Fsp3) is 0.462. The highest BCUT2D eigenvalue weighted by Crippen LogP contribution is 2.38. The summed E-state index contributed by atoms with van der Waals surface area (Å²) in [5.74, 6) is -0.165. The van der Waals surface area contributed by atoms with Crippen LogP contribution in [0.1, 0.15) is 37.3 Å². The molecule has 92 valence electrons. The number of benzene rings is 1. The molecule has 0 saturated heterocycles. The van der Waals surface area contributed by atoms with Crippen molar-refractivity contribution in [3.05, 3.63) is 23.3 Å². The second-order valence-electron chi connectivity index (χ2n) is 4.65. The Labute approximate surface area is 99.8 Å². The molecule has 17 heavy (non-hydrogen) atoms. The number of phenols is 1. The zero-order valence-electron chi connectivity index (χ0n) is 9.93. The molecule has 4 heteroatoms. The third kappa shape index (κ3) is 2.35. The van der Waals surface area contributed by atoms with Crippen molar-refractivity contribution in [2.45, 2.75) is 38.7 Å². The largest absolute Gasteiger partial charge is 0.508 e. The standard InChI is InChI=1S/C13H16O4/c1-7(3-13(15)16)10-6-12-9(5-11(10)14)4-8(2)17-12/h5-8,14H,3-4H2,1-2H3,(H,15,16). The number of ether oxygens (including phenoxy) is 1. The van der Waals surface area contributed by atoms with Gasteiger partial charge in [0.25, 0.3) is 0 Å². The van der Waals surface area contributed by atoms with Gasteiger partial charge in [-0.25, -0.2) is 0 Å². The maximum atomic E-state index is 10.7. The molecule has 0 amide bonds. The van der Waals surface area contributed by atoms with Gasteiger partial charge in [-0.15, -0.1) is 0 Å². The van der Waals surface area contributed by atoms with Gasteiger partial charge in [-0.1, -0.05) is 6.92 Å². The lowest BCUT2D eigenvalue weighted by Crippen LogP contribution is -2.05. The van der Waals surface area contributed by atoms with Gasteiger partial charge in [0.1, 0.15) is 17.6 Å². The molecule has 1 aromatic carbocycles. The van der Waals surface area contributed by atoms with E-state index < -0.39 is 5.97 Å². The van der Waals surface area contributed by atoms with E-state index in [1.807, 2.05) is 6.92 Å². The van der Waals surface area contributed by atoms with Crippen molar-refractivity contribution in [2.75, 3.05) is 0 Å². The average molecular weight is 236 g/mol. The van der Waals surface area contributed by atoms with Crippen LogP contribution in [0.5, 0.6) is 11.5 Å². The van der Waals surface area contributed by atoms with Gasteiger partial charge in [0.05, 0.1) is 6.42 Å². The second-order valence-corrected chi connectivity index (χ2v) is 4.65. The zero-order valence-corrected chi connectivity index (χ0v) is 9.93. The van der Waals surface area contributed by atoms with Gasteiger partial charge in [0.15, 0.2) is 0 Å². The first kappa shape index (κ1) is 11.8. The molecule has 2 rings (SSSR count). The van der Waals surface area contributed by atoms with Gasteiger partial charge >= 0.3 is 5.97 Å². The second kappa shape index (κ2) is 4.28. The molecular formula is C13H16O4. The van der Waals surface area contributed by atoms with E-state index >= 15 is 0 Å². The van der Waals surface area contributed by atoms with Crippen LogP contribution in [0.25, 0.3) is 0 Å². The van der Waals surface area contributed by atoms with Crippen LogP contribution >= 0.6 is 0 Å². The minimum atomic E-state index is -0.869. The van der Waals surface area contributed by atoms with Crippen molar-refractivity contribution >= 4 is 5.97 Å². The molecule has 0 aromatic heterocycles. The molecule has 0 aliphatic carbocycles. The van der Waals surface area contributed by atoms with E-state index in [9.17, 15) is 9.90 Å². The van der Waals surface area contributed by atoms with Crippen LogP contribution in [0.3, 0.4) is 0 Å². The van der Waals surface area contributed by atoms with E-state index in [4.69, 9.17) is 9.84 Å². The molecule has 1 heterocycles. The summed E-state index contributed by atoms with van der Waals surface area (Å²) in [7, 11) is 0. The van der Waals surface area contributed by atoms with Crippen LogP contribution in [0.15, 0.2) is 12.1 Å². The van der Waals surface area contributed by atoms with Crippen LogP contribution in [0, 0.1) is 0 Å². The van der Waals surface area contributed by atoms with Gasteiger partial charge < -0.3 is 14.9 Å². The number of fused-ring (bicyclic) bond motifs is 1. The molecule has 0 radical (unpaired) electrons. The number of carboxylic acids is 1. The number of aromatic hydroxyl groups is 1. The molecule has 0 bridgehead atoms. The van der Waals surface area contributed by atoms with E-state index in [0.717, 1.165) is 17.7 Å². The molecular weight excluding hydrogens is 220 g/mol. The van der Waals surface area contributed by atoms with Crippen molar-refractivity contribution < 1.29 is 19.7 Å². The smallest absolute Gasteiger partial charge is 0.303 e. The number of rotatable bonds is 3. The molecule has 0 fully saturated rings. The molecule has 4 nitrogen and oxygen atoms in total. The zero-order chi connectivity index (χ0) is 12.6. The van der Waals surface area contributed by atoms with Crippen LogP contribution in [0.2, 0.25) is 0 Å². The number of carbonyl (C=O) groups is 1. The first-order chi connectivity index (χ1) is 7.97. The van der Waals surface area contributed by atoms with E-state index in [1.54, 1.807) is 19.1 Å². The Morgan fingerprint density at radius 2 is 2.29 bits per heavy atom. The monoisotopic (exact) mass is 236 g/mol. The first-order valence-corrected chi connectivity index (χ1v) is 5.71. The topological polar surface area (TPSA) is 66.8 Å². The molecule has 0 spiro atoms. The van der Waals surface area contributed by atoms with Crippen LogP contribution in [-0.2, 0) is 11.2 Å². The summed E-state index contributed by atoms with van der Waals surface area (Å²) in [6.45, 7) is 3.76. The lowest BCUT2D eigenvalue weighted by molar-refractivity contribution is -0.137. The Bertz CT molecular complexity index is 453. The number of phenolic OH excluding ortho intramolecular Hbond substituents is 1. The van der Waals surface area contributed by atoms with Crippen molar-refractivity contribution in [1.82, 2.24) is 0 Å². The summed E-state index contributed by atoms with van der Waals surface area (Å²) in [5.41, 5.74) is 1.63. The summed E-state index contributed by atoms with van der Waals surface area (Å²) in [4.78, 5) is 10.7. The maximum Gasteiger partial charge on any atom is 0.303 e. The van der Waals surface area contributed by atoms with Crippen LogP contribution in [0.4, 0.5) is 0 Å². The SMILES string of the molecule is CC1Cc2cc(O)c(C(C)CC(=O)O)cc2O1. The van der Waals surface area contributed by atoms with E-state index in [2.05, 4.69) is 0 Å². The van der Waals surface area contributed by atoms with E-state index in [-0.39, 0.29) is 24.2 Å². The van der Waals surface area contributed by atoms with Crippen molar-refractivity contribution in [1.29, 1.82) is 0 Å². The van der Waals surface area contributed by atoms with Crippen molar-refractivity contribution in [3.8, 4) is 11.5 Å². The van der Waals surface area contributed by atoms with Crippen LogP contribution < -0.4 is 4.74 Å². The van der Waals surface area contributed by atoms with E-state index in [1.165, 1.54) is 0 Å². The number of carboxylic acid groups (broad SMARTS) is 1. The summed E-state index contributed by atoms with van der Waals surface area (Å²) in [6, 6.07) is 3.45. The summed E-state index contributed by atoms with van der Waals surface area (Å²) in [5, 5.41) is 18.7. The normalized spacial score (nSPS) is 19.5. The molecule has 2 N–H and O–H groups in total. The average Bonchev–Trinajstić information content (AvgIpc) is 2.54. The first-order valence-electron chi connectivity index (χ1n) is 5.71. The van der Waals surface area contributed by atoms with Crippen molar-refractivity contribution in [3.63, 3.8) is 0 Å². The Morgan fingerprint density at radius 1 is 1.59 bits per heavy atom. The van der Waals surface area contributed by atoms with Gasteiger partial charge in [-0.2, -0.15) is 0 Å². The Morgan fingerprint density at radius 3 is 2.94 bits per heavy atom. The van der Waals surface area contributed by atoms with Gasteiger partial charge in [-0.05, 0) is 25.0 Å². The predicted octanol–water partition coefficient (Wildman–Crippen LogP) is 2.29. The number of hydrogen-bond donors (Lipinski definition) is 2. The molecule has 1 aromatic rings. The third-order valence-corrected chi connectivity index (χ3v) is 3.06. The maximum absolute atomic E-state index is 10.7. The molecule has 2 atom stereocenters. The van der Waals surface area contributed by atoms with Crippen molar-refractivity contribution in [2.24, 2.45) is 0 Å². The highest BCUT2D eigenvalue weighted by molar-refractivity contribution is 5.68. The minimum Gasteiger partial charge on any atom is -0.508 e. The highest BCUT2D eigenvalue weighted by Gasteiger charge is 2.23. The Balaban J connectivity index is 2.30. The minimum absolute atomic E-state index is 0.00189. The molecule has 1 aliphatic rings. The molecule has 1 aliphatic heterocycles. The predicted molar refractivity (Wildman–Crippen MR) is 62.6 cm³/mol. The number of aliphatic carboxylic acids is 1. The summed E-state index contributed by atoms with van der Waals surface area (Å²) >= 11 is 0. The van der Waals surface area contributed by atoms with Crippen LogP contribution in [-0.4, -0.2) is 22.3 Å². The van der Waals surface area contributed by atoms with Gasteiger partial charge in [-0.3, -0.25) is 4.79 Å². The van der Waals surface area contributed by atoms with Gasteiger partial charge in [0.2, 0.25) is 0 Å². The Kier molecular flexibility index (Phi) is 2.96. The number of hydrogen-bond acceptors (Lipinski definition) is 3. The lowest BCUT2D eigenvalue weighted by Gasteiger charge is -2.13. The summed E-state index contributed by atoms with van der Waals surface area (Å²) < 4.78 is 5.60. The highest BCUT2D eigenvalue weighted by atomic mass is 16.5. The van der Waals surface area contributed by atoms with E-state index in [0.29, 0.717) is 5.56 Å². The summed E-state index contributed by atoms with van der Waals surface area (Å²) in [6.07, 6.45) is 0.910. The third-order valence-electron chi connectivity index (χ3n) is 3.06. The Hall–Kier alpha value is -1.71. The fourth-order valence-electron chi connectivity index (χ4n) is 2.23. The lowest BCUT2D eigenvalue weighted by atomic mass is 9.95.